The average molecular weight is 650 g/mol. The molecule has 3 atom stereocenters. The van der Waals surface area contributed by atoms with Crippen molar-refractivity contribution in [1.29, 1.82) is 0 Å². The summed E-state index contributed by atoms with van der Waals surface area (Å²) < 4.78 is 6.15. The first-order valence-corrected chi connectivity index (χ1v) is 15.2. The van der Waals surface area contributed by atoms with Gasteiger partial charge in [0.1, 0.15) is 6.04 Å². The fourth-order valence-electron chi connectivity index (χ4n) is 6.97. The molecule has 0 spiro atoms. The van der Waals surface area contributed by atoms with Gasteiger partial charge in [0, 0.05) is 22.0 Å². The van der Waals surface area contributed by atoms with E-state index in [2.05, 4.69) is 21.2 Å². The molecule has 1 heterocycles. The molecule has 7 nitrogen and oxygen atoms in total. The zero-order chi connectivity index (χ0) is 29.9. The predicted molar refractivity (Wildman–Crippen MR) is 162 cm³/mol. The standard InChI is InChI=1S/C33H30BrClN2O5/c1-16(2)14-24(33(41)42-15-25(38)36-23-13-12-22(34)30(35)17(23)3)37-31(39)28-26-18-8-4-5-9-19(18)27(29(28)32(37)40)21-11-7-6-10-20(21)26/h4-13,16,24,26-29H,14-15H2,1-3H3,(H,36,38)/t24-,26?,27?,28+,29+/m0/s1. The van der Waals surface area contributed by atoms with Crippen molar-refractivity contribution < 1.29 is 23.9 Å². The van der Waals surface area contributed by atoms with Crippen molar-refractivity contribution in [3.63, 3.8) is 0 Å². The van der Waals surface area contributed by atoms with E-state index in [9.17, 15) is 19.2 Å². The number of nitrogens with zero attached hydrogens (tertiary/aromatic N) is 1. The lowest BCUT2D eigenvalue weighted by Gasteiger charge is -2.45. The monoisotopic (exact) mass is 648 g/mol. The molecule has 1 aliphatic heterocycles. The van der Waals surface area contributed by atoms with Crippen molar-refractivity contribution in [1.82, 2.24) is 4.90 Å². The summed E-state index contributed by atoms with van der Waals surface area (Å²) in [6.45, 7) is 5.04. The molecule has 1 saturated heterocycles. The van der Waals surface area contributed by atoms with Gasteiger partial charge in [-0.25, -0.2) is 4.79 Å². The zero-order valence-corrected chi connectivity index (χ0v) is 25.7. The quantitative estimate of drug-likeness (QED) is 0.243. The van der Waals surface area contributed by atoms with Crippen molar-refractivity contribution >= 4 is 56.9 Å². The van der Waals surface area contributed by atoms with Crippen LogP contribution in [0.15, 0.2) is 65.1 Å². The normalized spacial score (nSPS) is 22.5. The highest BCUT2D eigenvalue weighted by Gasteiger charge is 2.63. The number of halogens is 2. The number of likely N-dealkylation sites (tertiary alicyclic amines) is 1. The van der Waals surface area contributed by atoms with E-state index in [1.165, 1.54) is 0 Å². The van der Waals surface area contributed by atoms with Crippen LogP contribution in [-0.2, 0) is 23.9 Å². The Kier molecular flexibility index (Phi) is 7.48. The number of benzene rings is 3. The maximum absolute atomic E-state index is 14.2. The molecule has 0 radical (unpaired) electrons. The Labute approximate surface area is 257 Å². The molecule has 9 heteroatoms. The Morgan fingerprint density at radius 3 is 1.88 bits per heavy atom. The number of carbonyl (C=O) groups is 4. The predicted octanol–water partition coefficient (Wildman–Crippen LogP) is 6.20. The van der Waals surface area contributed by atoms with Crippen molar-refractivity contribution in [3.8, 4) is 0 Å². The highest BCUT2D eigenvalue weighted by molar-refractivity contribution is 9.10. The number of hydrogen-bond acceptors (Lipinski definition) is 5. The summed E-state index contributed by atoms with van der Waals surface area (Å²) in [6, 6.07) is 18.3. The van der Waals surface area contributed by atoms with Crippen LogP contribution in [0.2, 0.25) is 5.02 Å². The van der Waals surface area contributed by atoms with Crippen molar-refractivity contribution in [2.75, 3.05) is 11.9 Å². The van der Waals surface area contributed by atoms with Gasteiger partial charge in [-0.15, -0.1) is 0 Å². The highest BCUT2D eigenvalue weighted by Crippen LogP contribution is 2.61. The number of carbonyl (C=O) groups excluding carboxylic acids is 4. The van der Waals surface area contributed by atoms with Gasteiger partial charge in [0.25, 0.3) is 5.91 Å². The van der Waals surface area contributed by atoms with Crippen molar-refractivity contribution in [3.05, 3.63) is 98.0 Å². The fourth-order valence-corrected chi connectivity index (χ4v) is 7.56. The molecule has 1 fully saturated rings. The second-order valence-electron chi connectivity index (χ2n) is 11.6. The lowest BCUT2D eigenvalue weighted by atomic mass is 9.55. The van der Waals surface area contributed by atoms with E-state index in [1.807, 2.05) is 62.4 Å². The highest BCUT2D eigenvalue weighted by atomic mass is 79.9. The molecule has 0 unspecified atom stereocenters. The van der Waals surface area contributed by atoms with Gasteiger partial charge < -0.3 is 10.1 Å². The van der Waals surface area contributed by atoms with Gasteiger partial charge in [-0.05, 0) is 75.1 Å². The number of nitrogens with one attached hydrogen (secondary N) is 1. The molecule has 42 heavy (non-hydrogen) atoms. The van der Waals surface area contributed by atoms with Gasteiger partial charge in [-0.2, -0.15) is 0 Å². The van der Waals surface area contributed by atoms with Gasteiger partial charge in [0.15, 0.2) is 6.61 Å². The zero-order valence-electron chi connectivity index (χ0n) is 23.4. The lowest BCUT2D eigenvalue weighted by molar-refractivity contribution is -0.160. The Morgan fingerprint density at radius 2 is 1.40 bits per heavy atom. The topological polar surface area (TPSA) is 92.8 Å². The summed E-state index contributed by atoms with van der Waals surface area (Å²) in [4.78, 5) is 55.7. The Morgan fingerprint density at radius 1 is 0.905 bits per heavy atom. The molecule has 3 amide bonds. The summed E-state index contributed by atoms with van der Waals surface area (Å²) in [5, 5.41) is 3.18. The molecule has 4 aliphatic rings. The van der Waals surface area contributed by atoms with Gasteiger partial charge >= 0.3 is 5.97 Å². The van der Waals surface area contributed by atoms with E-state index in [1.54, 1.807) is 19.1 Å². The average Bonchev–Trinajstić information content (AvgIpc) is 3.24. The maximum atomic E-state index is 14.2. The smallest absolute Gasteiger partial charge is 0.329 e. The minimum Gasteiger partial charge on any atom is -0.454 e. The van der Waals surface area contributed by atoms with E-state index in [0.29, 0.717) is 20.7 Å². The third-order valence-corrected chi connectivity index (χ3v) is 10.1. The Hall–Kier alpha value is -3.49. The molecule has 3 aromatic rings. The first-order chi connectivity index (χ1) is 20.1. The van der Waals surface area contributed by atoms with Crippen LogP contribution < -0.4 is 5.32 Å². The van der Waals surface area contributed by atoms with Crippen LogP contribution in [0.1, 0.15) is 59.9 Å². The Bertz CT molecular complexity index is 1520. The molecular formula is C33H30BrClN2O5. The SMILES string of the molecule is Cc1c(NC(=O)COC(=O)[C@H](CC(C)C)N2C(=O)[C@@H]3C4c5ccccc5C(c5ccccc54)[C@H]3C2=O)ccc(Br)c1Cl. The molecule has 216 valence electrons. The molecule has 0 aromatic heterocycles. The summed E-state index contributed by atoms with van der Waals surface area (Å²) in [5.41, 5.74) is 5.41. The molecule has 3 aromatic carbocycles. The number of imide groups is 1. The first-order valence-electron chi connectivity index (χ1n) is 14.1. The molecule has 7 rings (SSSR count). The lowest BCUT2D eigenvalue weighted by Crippen LogP contribution is -2.47. The second-order valence-corrected chi connectivity index (χ2v) is 12.9. The number of anilines is 1. The third kappa shape index (κ3) is 4.56. The van der Waals surface area contributed by atoms with E-state index in [0.717, 1.165) is 27.2 Å². The van der Waals surface area contributed by atoms with Crippen LogP contribution in [0, 0.1) is 24.7 Å². The van der Waals surface area contributed by atoms with Crippen LogP contribution >= 0.6 is 27.5 Å². The molecule has 2 bridgehead atoms. The van der Waals surface area contributed by atoms with Crippen molar-refractivity contribution in [2.24, 2.45) is 17.8 Å². The van der Waals surface area contributed by atoms with Crippen LogP contribution in [-0.4, -0.2) is 41.2 Å². The van der Waals surface area contributed by atoms with Crippen LogP contribution in [0.25, 0.3) is 0 Å². The van der Waals surface area contributed by atoms with Gasteiger partial charge in [-0.1, -0.05) is 74.0 Å². The largest absolute Gasteiger partial charge is 0.454 e. The van der Waals surface area contributed by atoms with Gasteiger partial charge in [0.2, 0.25) is 11.8 Å². The summed E-state index contributed by atoms with van der Waals surface area (Å²) in [6.07, 6.45) is 0.230. The van der Waals surface area contributed by atoms with Crippen molar-refractivity contribution in [2.45, 2.75) is 45.1 Å². The first kappa shape index (κ1) is 28.6. The molecular weight excluding hydrogens is 620 g/mol. The van der Waals surface area contributed by atoms with E-state index in [-0.39, 0.29) is 36.0 Å². The Balaban J connectivity index is 1.26. The van der Waals surface area contributed by atoms with Gasteiger partial charge in [-0.3, -0.25) is 19.3 Å². The van der Waals surface area contributed by atoms with Crippen LogP contribution in [0.5, 0.6) is 0 Å². The summed E-state index contributed by atoms with van der Waals surface area (Å²) >= 11 is 9.62. The molecule has 1 N–H and O–H groups in total. The number of hydrogen-bond donors (Lipinski definition) is 1. The maximum Gasteiger partial charge on any atom is 0.329 e. The summed E-state index contributed by atoms with van der Waals surface area (Å²) in [5.74, 6) is -3.76. The van der Waals surface area contributed by atoms with Gasteiger partial charge in [0.05, 0.1) is 16.9 Å². The third-order valence-electron chi connectivity index (χ3n) is 8.72. The number of rotatable bonds is 7. The number of amides is 3. The number of ether oxygens (including phenoxy) is 1. The fraction of sp³-hybridized carbons (Fsp3) is 0.333. The van der Waals surface area contributed by atoms with E-state index in [4.69, 9.17) is 16.3 Å². The molecule has 0 saturated carbocycles. The van der Waals surface area contributed by atoms with Crippen LogP contribution in [0.4, 0.5) is 5.69 Å². The molecule has 3 aliphatic carbocycles. The van der Waals surface area contributed by atoms with E-state index < -0.39 is 36.4 Å². The second kappa shape index (κ2) is 11.0. The number of esters is 1. The summed E-state index contributed by atoms with van der Waals surface area (Å²) in [7, 11) is 0. The van der Waals surface area contributed by atoms with E-state index >= 15 is 0 Å². The van der Waals surface area contributed by atoms with Crippen LogP contribution in [0.3, 0.4) is 0 Å². The minimum atomic E-state index is -1.13. The minimum absolute atomic E-state index is 0.0155.